The average molecular weight is 292 g/mol. The molecule has 0 spiro atoms. The van der Waals surface area contributed by atoms with Gasteiger partial charge in [0.05, 0.1) is 7.11 Å². The molecule has 0 radical (unpaired) electrons. The minimum Gasteiger partial charge on any atom is -0.495 e. The van der Waals surface area contributed by atoms with Gasteiger partial charge in [-0.25, -0.2) is 4.90 Å². The highest BCUT2D eigenvalue weighted by Gasteiger charge is 2.34. The first kappa shape index (κ1) is 14.5. The number of nitrogens with two attached hydrogens (primary N) is 1. The largest absolute Gasteiger partial charge is 0.495 e. The Bertz CT molecular complexity index is 568. The molecule has 0 unspecified atom stereocenters. The van der Waals surface area contributed by atoms with Crippen molar-refractivity contribution in [1.29, 1.82) is 0 Å². The van der Waals surface area contributed by atoms with E-state index in [0.717, 1.165) is 4.90 Å². The SMILES string of the molecule is COc1cccc(C(N)=S)c1N1C(=O)CC(C)CC1=O. The fourth-order valence-corrected chi connectivity index (χ4v) is 2.52. The third kappa shape index (κ3) is 2.51. The molecular weight excluding hydrogens is 276 g/mol. The minimum absolute atomic E-state index is 0.0502. The number of anilines is 1. The number of para-hydroxylation sites is 1. The second kappa shape index (κ2) is 5.58. The number of hydrogen-bond donors (Lipinski definition) is 1. The van der Waals surface area contributed by atoms with E-state index in [0.29, 0.717) is 29.8 Å². The predicted octanol–water partition coefficient (Wildman–Crippen LogP) is 1.62. The number of imide groups is 1. The molecule has 106 valence electrons. The first-order valence-electron chi connectivity index (χ1n) is 6.28. The molecule has 1 aromatic carbocycles. The first-order chi connectivity index (χ1) is 9.45. The molecule has 0 aliphatic carbocycles. The van der Waals surface area contributed by atoms with Crippen LogP contribution in [0.3, 0.4) is 0 Å². The number of benzene rings is 1. The number of nitrogens with zero attached hydrogens (tertiary/aromatic N) is 1. The van der Waals surface area contributed by atoms with Gasteiger partial charge in [-0.1, -0.05) is 25.2 Å². The van der Waals surface area contributed by atoms with Gasteiger partial charge in [0.15, 0.2) is 0 Å². The van der Waals surface area contributed by atoms with Crippen molar-refractivity contribution in [3.63, 3.8) is 0 Å². The number of carbonyl (C=O) groups excluding carboxylic acids is 2. The maximum Gasteiger partial charge on any atom is 0.234 e. The molecule has 1 heterocycles. The second-order valence-corrected chi connectivity index (χ2v) is 5.30. The standard InChI is InChI=1S/C14H16N2O3S/c1-8-6-11(17)16(12(18)7-8)13-9(14(15)20)4-3-5-10(13)19-2/h3-5,8H,6-7H2,1-2H3,(H2,15,20). The molecular formula is C14H16N2O3S. The summed E-state index contributed by atoms with van der Waals surface area (Å²) in [5, 5.41) is 0. The van der Waals surface area contributed by atoms with Crippen LogP contribution in [0.1, 0.15) is 25.3 Å². The van der Waals surface area contributed by atoms with E-state index in [-0.39, 0.29) is 22.7 Å². The number of amides is 2. The Labute approximate surface area is 122 Å². The van der Waals surface area contributed by atoms with Crippen LogP contribution >= 0.6 is 12.2 Å². The van der Waals surface area contributed by atoms with Crippen molar-refractivity contribution in [1.82, 2.24) is 0 Å². The Kier molecular flexibility index (Phi) is 4.04. The fourth-order valence-electron chi connectivity index (χ4n) is 2.36. The molecule has 1 saturated heterocycles. The maximum absolute atomic E-state index is 12.2. The van der Waals surface area contributed by atoms with Gasteiger partial charge >= 0.3 is 0 Å². The van der Waals surface area contributed by atoms with E-state index in [1.165, 1.54) is 7.11 Å². The Morgan fingerprint density at radius 3 is 2.45 bits per heavy atom. The van der Waals surface area contributed by atoms with Gasteiger partial charge in [-0.15, -0.1) is 0 Å². The van der Waals surface area contributed by atoms with Crippen LogP contribution in [0, 0.1) is 5.92 Å². The van der Waals surface area contributed by atoms with Crippen LogP contribution in [-0.2, 0) is 9.59 Å². The molecule has 2 N–H and O–H groups in total. The molecule has 2 rings (SSSR count). The van der Waals surface area contributed by atoms with Gasteiger partial charge < -0.3 is 10.5 Å². The zero-order valence-electron chi connectivity index (χ0n) is 11.4. The summed E-state index contributed by atoms with van der Waals surface area (Å²) in [6.45, 7) is 1.88. The van der Waals surface area contributed by atoms with Crippen LogP contribution in [0.25, 0.3) is 0 Å². The number of hydrogen-bond acceptors (Lipinski definition) is 4. The Morgan fingerprint density at radius 1 is 1.35 bits per heavy atom. The molecule has 2 amide bonds. The molecule has 1 aliphatic rings. The Hall–Kier alpha value is -1.95. The summed E-state index contributed by atoms with van der Waals surface area (Å²) in [6.07, 6.45) is 0.640. The van der Waals surface area contributed by atoms with Gasteiger partial charge in [-0.2, -0.15) is 0 Å². The summed E-state index contributed by atoms with van der Waals surface area (Å²) in [7, 11) is 1.48. The smallest absolute Gasteiger partial charge is 0.234 e. The number of ether oxygens (including phenoxy) is 1. The van der Waals surface area contributed by atoms with Crippen molar-refractivity contribution in [2.45, 2.75) is 19.8 Å². The highest BCUT2D eigenvalue weighted by molar-refractivity contribution is 7.80. The quantitative estimate of drug-likeness (QED) is 0.677. The van der Waals surface area contributed by atoms with Crippen LogP contribution in [0.5, 0.6) is 5.75 Å². The number of thiocarbonyl (C=S) groups is 1. The van der Waals surface area contributed by atoms with Crippen LogP contribution in [0.4, 0.5) is 5.69 Å². The second-order valence-electron chi connectivity index (χ2n) is 4.86. The lowest BCUT2D eigenvalue weighted by Crippen LogP contribution is -2.44. The number of piperidine rings is 1. The van der Waals surface area contributed by atoms with Gasteiger partial charge in [0.25, 0.3) is 0 Å². The van der Waals surface area contributed by atoms with Crippen molar-refractivity contribution in [2.24, 2.45) is 11.7 Å². The Morgan fingerprint density at radius 2 is 1.95 bits per heavy atom. The number of methoxy groups -OCH3 is 1. The molecule has 0 bridgehead atoms. The zero-order chi connectivity index (χ0) is 14.9. The van der Waals surface area contributed by atoms with Gasteiger partial charge in [0, 0.05) is 18.4 Å². The lowest BCUT2D eigenvalue weighted by Gasteiger charge is -2.30. The van der Waals surface area contributed by atoms with Gasteiger partial charge in [-0.05, 0) is 18.1 Å². The summed E-state index contributed by atoms with van der Waals surface area (Å²) in [5.74, 6) is -0.0488. The normalized spacial score (nSPS) is 16.4. The van der Waals surface area contributed by atoms with Crippen LogP contribution in [0.15, 0.2) is 18.2 Å². The van der Waals surface area contributed by atoms with E-state index in [4.69, 9.17) is 22.7 Å². The van der Waals surface area contributed by atoms with E-state index in [1.807, 2.05) is 6.92 Å². The van der Waals surface area contributed by atoms with Crippen LogP contribution < -0.4 is 15.4 Å². The number of carbonyl (C=O) groups is 2. The molecule has 0 aromatic heterocycles. The summed E-state index contributed by atoms with van der Waals surface area (Å²) >= 11 is 5.00. The number of rotatable bonds is 3. The average Bonchev–Trinajstić information content (AvgIpc) is 2.37. The van der Waals surface area contributed by atoms with E-state index >= 15 is 0 Å². The topological polar surface area (TPSA) is 72.6 Å². The maximum atomic E-state index is 12.2. The monoisotopic (exact) mass is 292 g/mol. The lowest BCUT2D eigenvalue weighted by molar-refractivity contribution is -0.130. The van der Waals surface area contributed by atoms with Gasteiger partial charge in [0.1, 0.15) is 16.4 Å². The molecule has 1 fully saturated rings. The molecule has 0 atom stereocenters. The van der Waals surface area contributed by atoms with Crippen molar-refractivity contribution in [3.05, 3.63) is 23.8 Å². The van der Waals surface area contributed by atoms with Crippen LogP contribution in [0.2, 0.25) is 0 Å². The van der Waals surface area contributed by atoms with Gasteiger partial charge in [-0.3, -0.25) is 9.59 Å². The molecule has 5 nitrogen and oxygen atoms in total. The van der Waals surface area contributed by atoms with Crippen molar-refractivity contribution in [3.8, 4) is 5.75 Å². The van der Waals surface area contributed by atoms with E-state index in [9.17, 15) is 9.59 Å². The molecule has 1 aliphatic heterocycles. The molecule has 6 heteroatoms. The lowest BCUT2D eigenvalue weighted by atomic mass is 9.96. The van der Waals surface area contributed by atoms with Gasteiger partial charge in [0.2, 0.25) is 11.8 Å². The molecule has 0 saturated carbocycles. The third-order valence-electron chi connectivity index (χ3n) is 3.25. The highest BCUT2D eigenvalue weighted by Crippen LogP contribution is 2.35. The predicted molar refractivity (Wildman–Crippen MR) is 79.8 cm³/mol. The molecule has 20 heavy (non-hydrogen) atoms. The van der Waals surface area contributed by atoms with E-state index < -0.39 is 0 Å². The summed E-state index contributed by atoms with van der Waals surface area (Å²) in [6, 6.07) is 5.08. The highest BCUT2D eigenvalue weighted by atomic mass is 32.1. The zero-order valence-corrected chi connectivity index (χ0v) is 12.2. The third-order valence-corrected chi connectivity index (χ3v) is 3.47. The van der Waals surface area contributed by atoms with E-state index in [2.05, 4.69) is 0 Å². The molecule has 1 aromatic rings. The van der Waals surface area contributed by atoms with Crippen molar-refractivity contribution < 1.29 is 14.3 Å². The summed E-state index contributed by atoms with van der Waals surface area (Å²) in [5.41, 5.74) is 6.51. The summed E-state index contributed by atoms with van der Waals surface area (Å²) < 4.78 is 5.25. The van der Waals surface area contributed by atoms with Crippen LogP contribution in [-0.4, -0.2) is 23.9 Å². The fraction of sp³-hybridized carbons (Fsp3) is 0.357. The summed E-state index contributed by atoms with van der Waals surface area (Å²) in [4.78, 5) is 25.7. The minimum atomic E-state index is -0.254. The van der Waals surface area contributed by atoms with E-state index in [1.54, 1.807) is 18.2 Å². The first-order valence-corrected chi connectivity index (χ1v) is 6.69. The van der Waals surface area contributed by atoms with Crippen molar-refractivity contribution >= 4 is 34.7 Å². The Balaban J connectivity index is 2.58. The van der Waals surface area contributed by atoms with Crippen molar-refractivity contribution in [2.75, 3.05) is 12.0 Å².